The Hall–Kier alpha value is -2.73. The van der Waals surface area contributed by atoms with Crippen molar-refractivity contribution in [1.82, 2.24) is 10.3 Å². The van der Waals surface area contributed by atoms with Crippen LogP contribution in [0.25, 0.3) is 11.3 Å². The smallest absolute Gasteiger partial charge is 0.321 e. The second-order valence-corrected chi connectivity index (χ2v) is 6.37. The number of aryl methyl sites for hydroxylation is 1. The number of nitrogens with one attached hydrogen (secondary N) is 2. The average molecular weight is 355 g/mol. The Morgan fingerprint density at radius 1 is 1.08 bits per heavy atom. The largest absolute Gasteiger partial charge is 0.338 e. The Kier molecular flexibility index (Phi) is 5.74. The van der Waals surface area contributed by atoms with Crippen LogP contribution in [0.1, 0.15) is 12.0 Å². The number of anilines is 1. The maximum Gasteiger partial charge on any atom is 0.321 e. The van der Waals surface area contributed by atoms with Gasteiger partial charge in [-0.2, -0.15) is 0 Å². The summed E-state index contributed by atoms with van der Waals surface area (Å²) in [4.78, 5) is 16.3. The molecule has 0 unspecified atom stereocenters. The summed E-state index contributed by atoms with van der Waals surface area (Å²) in [6.45, 7) is 0.594. The molecule has 6 heteroatoms. The summed E-state index contributed by atoms with van der Waals surface area (Å²) in [6.07, 6.45) is 1.79. The lowest BCUT2D eigenvalue weighted by Crippen LogP contribution is -2.29. The number of carbonyl (C=O) groups is 1. The zero-order chi connectivity index (χ0) is 17.5. The standard InChI is InChI=1S/C19H18FN3OS/c20-16-10-8-15(9-11-16)17-13-25-19(22-17)23-18(24)21-12-4-7-14-5-2-1-3-6-14/h1-3,5-6,8-11,13H,4,7,12H2,(H2,21,22,23,24). The Balaban J connectivity index is 1.44. The number of aromatic nitrogens is 1. The van der Waals surface area contributed by atoms with Crippen molar-refractivity contribution in [3.63, 3.8) is 0 Å². The number of halogens is 1. The quantitative estimate of drug-likeness (QED) is 0.630. The van der Waals surface area contributed by atoms with Gasteiger partial charge in [0.05, 0.1) is 5.69 Å². The first kappa shape index (κ1) is 17.1. The number of hydrogen-bond donors (Lipinski definition) is 2. The fraction of sp³-hybridized carbons (Fsp3) is 0.158. The molecule has 1 heterocycles. The first-order chi connectivity index (χ1) is 12.2. The van der Waals surface area contributed by atoms with Gasteiger partial charge in [-0.25, -0.2) is 14.2 Å². The molecule has 0 aliphatic rings. The first-order valence-electron chi connectivity index (χ1n) is 8.01. The van der Waals surface area contributed by atoms with Gasteiger partial charge >= 0.3 is 6.03 Å². The van der Waals surface area contributed by atoms with Crippen molar-refractivity contribution in [2.75, 3.05) is 11.9 Å². The van der Waals surface area contributed by atoms with Gasteiger partial charge in [0.15, 0.2) is 5.13 Å². The topological polar surface area (TPSA) is 54.0 Å². The van der Waals surface area contributed by atoms with Crippen LogP contribution in [-0.2, 0) is 6.42 Å². The van der Waals surface area contributed by atoms with Gasteiger partial charge in [-0.05, 0) is 42.7 Å². The molecule has 1 aromatic heterocycles. The van der Waals surface area contributed by atoms with Gasteiger partial charge < -0.3 is 5.32 Å². The molecule has 4 nitrogen and oxygen atoms in total. The average Bonchev–Trinajstić information content (AvgIpc) is 3.09. The molecule has 0 fully saturated rings. The van der Waals surface area contributed by atoms with Crippen molar-refractivity contribution in [3.8, 4) is 11.3 Å². The van der Waals surface area contributed by atoms with E-state index in [9.17, 15) is 9.18 Å². The van der Waals surface area contributed by atoms with Crippen LogP contribution in [0.3, 0.4) is 0 Å². The molecule has 0 spiro atoms. The second kappa shape index (κ2) is 8.39. The van der Waals surface area contributed by atoms with E-state index in [4.69, 9.17) is 0 Å². The molecule has 128 valence electrons. The van der Waals surface area contributed by atoms with Crippen molar-refractivity contribution in [1.29, 1.82) is 0 Å². The van der Waals surface area contributed by atoms with Gasteiger partial charge in [0.25, 0.3) is 0 Å². The lowest BCUT2D eigenvalue weighted by Gasteiger charge is -2.05. The monoisotopic (exact) mass is 355 g/mol. The highest BCUT2D eigenvalue weighted by atomic mass is 32.1. The summed E-state index contributed by atoms with van der Waals surface area (Å²) < 4.78 is 13.0. The zero-order valence-electron chi connectivity index (χ0n) is 13.5. The maximum absolute atomic E-state index is 13.0. The number of hydrogen-bond acceptors (Lipinski definition) is 3. The van der Waals surface area contributed by atoms with Crippen molar-refractivity contribution >= 4 is 22.5 Å². The Morgan fingerprint density at radius 2 is 1.84 bits per heavy atom. The second-order valence-electron chi connectivity index (χ2n) is 5.51. The van der Waals surface area contributed by atoms with E-state index < -0.39 is 0 Å². The molecular formula is C19H18FN3OS. The molecule has 0 aliphatic carbocycles. The minimum Gasteiger partial charge on any atom is -0.338 e. The van der Waals surface area contributed by atoms with Crippen molar-refractivity contribution < 1.29 is 9.18 Å². The summed E-state index contributed by atoms with van der Waals surface area (Å²) in [5, 5.41) is 7.90. The van der Waals surface area contributed by atoms with E-state index in [1.54, 1.807) is 12.1 Å². The summed E-state index contributed by atoms with van der Waals surface area (Å²) in [5.74, 6) is -0.285. The van der Waals surface area contributed by atoms with Crippen LogP contribution in [0.15, 0.2) is 60.0 Å². The lowest BCUT2D eigenvalue weighted by atomic mass is 10.1. The van der Waals surface area contributed by atoms with Gasteiger partial charge in [0.2, 0.25) is 0 Å². The number of urea groups is 1. The first-order valence-corrected chi connectivity index (χ1v) is 8.89. The van der Waals surface area contributed by atoms with Crippen LogP contribution in [0.5, 0.6) is 0 Å². The van der Waals surface area contributed by atoms with Gasteiger partial charge in [-0.1, -0.05) is 30.3 Å². The number of carbonyl (C=O) groups excluding carboxylic acids is 1. The summed E-state index contributed by atoms with van der Waals surface area (Å²) in [5.41, 5.74) is 2.78. The van der Waals surface area contributed by atoms with E-state index in [2.05, 4.69) is 27.8 Å². The van der Waals surface area contributed by atoms with Gasteiger partial charge in [-0.15, -0.1) is 11.3 Å². The third kappa shape index (κ3) is 5.12. The number of rotatable bonds is 6. The van der Waals surface area contributed by atoms with Gasteiger partial charge in [0, 0.05) is 17.5 Å². The van der Waals surface area contributed by atoms with Crippen LogP contribution in [0, 0.1) is 5.82 Å². The summed E-state index contributed by atoms with van der Waals surface area (Å²) in [6, 6.07) is 16.0. The number of amides is 2. The molecule has 3 aromatic rings. The predicted octanol–water partition coefficient (Wildman–Crippen LogP) is 4.70. The molecule has 25 heavy (non-hydrogen) atoms. The number of benzene rings is 2. The van der Waals surface area contributed by atoms with Crippen LogP contribution in [0.4, 0.5) is 14.3 Å². The third-order valence-electron chi connectivity index (χ3n) is 3.64. The minimum absolute atomic E-state index is 0.270. The van der Waals surface area contributed by atoms with Crippen LogP contribution < -0.4 is 10.6 Å². The Labute approximate surface area is 149 Å². The van der Waals surface area contributed by atoms with Gasteiger partial charge in [-0.3, -0.25) is 5.32 Å². The molecule has 2 amide bonds. The SMILES string of the molecule is O=C(NCCCc1ccccc1)Nc1nc(-c2ccc(F)cc2)cs1. The van der Waals surface area contributed by atoms with Crippen LogP contribution in [0.2, 0.25) is 0 Å². The Bertz CT molecular complexity index is 818. The molecule has 2 aromatic carbocycles. The minimum atomic E-state index is -0.285. The van der Waals surface area contributed by atoms with Crippen LogP contribution >= 0.6 is 11.3 Å². The zero-order valence-corrected chi connectivity index (χ0v) is 14.4. The molecule has 0 aliphatic heterocycles. The van der Waals surface area contributed by atoms with Crippen molar-refractivity contribution in [2.45, 2.75) is 12.8 Å². The molecule has 0 bridgehead atoms. The molecular weight excluding hydrogens is 337 g/mol. The lowest BCUT2D eigenvalue weighted by molar-refractivity contribution is 0.252. The number of thiazole rings is 1. The van der Waals surface area contributed by atoms with Crippen LogP contribution in [-0.4, -0.2) is 17.6 Å². The molecule has 0 saturated heterocycles. The normalized spacial score (nSPS) is 10.4. The van der Waals surface area contributed by atoms with E-state index in [0.29, 0.717) is 17.4 Å². The fourth-order valence-corrected chi connectivity index (χ4v) is 3.08. The Morgan fingerprint density at radius 3 is 2.60 bits per heavy atom. The molecule has 2 N–H and O–H groups in total. The molecule has 3 rings (SSSR count). The molecule has 0 saturated carbocycles. The van der Waals surface area contributed by atoms with E-state index in [1.807, 2.05) is 23.6 Å². The van der Waals surface area contributed by atoms with Crippen molar-refractivity contribution in [2.24, 2.45) is 0 Å². The molecule has 0 radical (unpaired) electrons. The fourth-order valence-electron chi connectivity index (χ4n) is 2.36. The maximum atomic E-state index is 13.0. The van der Waals surface area contributed by atoms with Crippen molar-refractivity contribution in [3.05, 3.63) is 71.4 Å². The van der Waals surface area contributed by atoms with E-state index in [1.165, 1.54) is 29.0 Å². The predicted molar refractivity (Wildman–Crippen MR) is 99.3 cm³/mol. The number of nitrogens with zero attached hydrogens (tertiary/aromatic N) is 1. The summed E-state index contributed by atoms with van der Waals surface area (Å²) >= 11 is 1.34. The third-order valence-corrected chi connectivity index (χ3v) is 4.39. The summed E-state index contributed by atoms with van der Waals surface area (Å²) in [7, 11) is 0. The van der Waals surface area contributed by atoms with Gasteiger partial charge in [0.1, 0.15) is 5.82 Å². The highest BCUT2D eigenvalue weighted by molar-refractivity contribution is 7.14. The molecule has 0 atom stereocenters. The van der Waals surface area contributed by atoms with E-state index in [0.717, 1.165) is 18.4 Å². The highest BCUT2D eigenvalue weighted by Gasteiger charge is 2.07. The highest BCUT2D eigenvalue weighted by Crippen LogP contribution is 2.24. The van der Waals surface area contributed by atoms with E-state index >= 15 is 0 Å². The van der Waals surface area contributed by atoms with E-state index in [-0.39, 0.29) is 11.8 Å².